The van der Waals surface area contributed by atoms with Crippen LogP contribution in [-0.4, -0.2) is 19.5 Å². The van der Waals surface area contributed by atoms with E-state index in [0.717, 1.165) is 18.5 Å². The van der Waals surface area contributed by atoms with E-state index in [2.05, 4.69) is 35.9 Å². The lowest BCUT2D eigenvalue weighted by molar-refractivity contribution is 0.0946. The Labute approximate surface area is 127 Å². The Kier molecular flexibility index (Phi) is 4.59. The third kappa shape index (κ3) is 3.13. The van der Waals surface area contributed by atoms with Crippen LogP contribution in [0.25, 0.3) is 0 Å². The maximum atomic E-state index is 12.0. The molecule has 1 heterocycles. The van der Waals surface area contributed by atoms with Gasteiger partial charge in [0.1, 0.15) is 0 Å². The molecule has 1 aromatic carbocycles. The summed E-state index contributed by atoms with van der Waals surface area (Å²) in [5.74, 6) is 0.788. The summed E-state index contributed by atoms with van der Waals surface area (Å²) in [4.78, 5) is 12.0. The van der Waals surface area contributed by atoms with E-state index in [1.54, 1.807) is 0 Å². The van der Waals surface area contributed by atoms with Gasteiger partial charge in [0, 0.05) is 18.2 Å². The molecule has 1 aromatic rings. The lowest BCUT2D eigenvalue weighted by Crippen LogP contribution is -2.32. The van der Waals surface area contributed by atoms with Crippen molar-refractivity contribution in [1.29, 1.82) is 0 Å². The Morgan fingerprint density at radius 3 is 2.67 bits per heavy atom. The Bertz CT molecular complexity index is 504. The third-order valence-corrected chi connectivity index (χ3v) is 5.10. The highest BCUT2D eigenvalue weighted by molar-refractivity contribution is 5.96. The molecule has 3 nitrogen and oxygen atoms in total. The zero-order valence-corrected chi connectivity index (χ0v) is 13.0. The molecule has 114 valence electrons. The molecule has 1 fully saturated rings. The second kappa shape index (κ2) is 6.61. The molecule has 1 aliphatic carbocycles. The number of nitrogens with one attached hydrogen (secondary N) is 2. The van der Waals surface area contributed by atoms with E-state index in [4.69, 9.17) is 0 Å². The minimum Gasteiger partial charge on any atom is -0.352 e. The van der Waals surface area contributed by atoms with E-state index in [9.17, 15) is 4.79 Å². The van der Waals surface area contributed by atoms with Gasteiger partial charge in [-0.2, -0.15) is 0 Å². The van der Waals surface area contributed by atoms with E-state index < -0.39 is 0 Å². The topological polar surface area (TPSA) is 41.1 Å². The van der Waals surface area contributed by atoms with Crippen molar-refractivity contribution in [1.82, 2.24) is 10.6 Å². The predicted octanol–water partition coefficient (Wildman–Crippen LogP) is 3.20. The van der Waals surface area contributed by atoms with Crippen molar-refractivity contribution in [3.8, 4) is 0 Å². The van der Waals surface area contributed by atoms with Crippen molar-refractivity contribution in [2.75, 3.05) is 13.6 Å². The molecule has 1 amide bonds. The number of carbonyl (C=O) groups excluding carboxylic acids is 1. The molecule has 1 saturated carbocycles. The highest BCUT2D eigenvalue weighted by atomic mass is 16.1. The third-order valence-electron chi connectivity index (χ3n) is 5.10. The number of fused-ring (bicyclic) bond motifs is 1. The fourth-order valence-electron chi connectivity index (χ4n) is 3.94. The Hall–Kier alpha value is -1.35. The molecule has 0 spiro atoms. The first-order valence-corrected chi connectivity index (χ1v) is 8.38. The second-order valence-electron chi connectivity index (χ2n) is 6.44. The smallest absolute Gasteiger partial charge is 0.251 e. The highest BCUT2D eigenvalue weighted by Gasteiger charge is 2.25. The SMILES string of the molecule is CNC(c1ccc2c(c1)C(=O)NCC2)C1CCCCCC1. The molecular weight excluding hydrogens is 260 g/mol. The van der Waals surface area contributed by atoms with Gasteiger partial charge < -0.3 is 10.6 Å². The fourth-order valence-corrected chi connectivity index (χ4v) is 3.94. The molecule has 0 saturated heterocycles. The van der Waals surface area contributed by atoms with Crippen molar-refractivity contribution in [3.63, 3.8) is 0 Å². The second-order valence-corrected chi connectivity index (χ2v) is 6.44. The first-order valence-electron chi connectivity index (χ1n) is 8.38. The molecule has 0 aromatic heterocycles. The summed E-state index contributed by atoms with van der Waals surface area (Å²) in [6.07, 6.45) is 8.99. The van der Waals surface area contributed by atoms with E-state index >= 15 is 0 Å². The van der Waals surface area contributed by atoms with Crippen LogP contribution in [0, 0.1) is 5.92 Å². The van der Waals surface area contributed by atoms with Gasteiger partial charge in [0.2, 0.25) is 0 Å². The van der Waals surface area contributed by atoms with Gasteiger partial charge in [0.05, 0.1) is 0 Å². The number of amides is 1. The summed E-state index contributed by atoms with van der Waals surface area (Å²) in [6, 6.07) is 6.88. The molecule has 1 unspecified atom stereocenters. The van der Waals surface area contributed by atoms with Crippen LogP contribution in [0.15, 0.2) is 18.2 Å². The zero-order valence-electron chi connectivity index (χ0n) is 13.0. The summed E-state index contributed by atoms with van der Waals surface area (Å²) >= 11 is 0. The first kappa shape index (κ1) is 14.6. The molecule has 3 rings (SSSR count). The van der Waals surface area contributed by atoms with E-state index in [1.807, 2.05) is 0 Å². The molecule has 21 heavy (non-hydrogen) atoms. The summed E-state index contributed by atoms with van der Waals surface area (Å²) in [5, 5.41) is 6.46. The summed E-state index contributed by atoms with van der Waals surface area (Å²) in [6.45, 7) is 0.767. The molecule has 2 aliphatic rings. The monoisotopic (exact) mass is 286 g/mol. The van der Waals surface area contributed by atoms with Crippen molar-refractivity contribution < 1.29 is 4.79 Å². The van der Waals surface area contributed by atoms with Crippen molar-refractivity contribution >= 4 is 5.91 Å². The van der Waals surface area contributed by atoms with Crippen LogP contribution in [0.2, 0.25) is 0 Å². The van der Waals surface area contributed by atoms with Crippen LogP contribution < -0.4 is 10.6 Å². The molecule has 0 radical (unpaired) electrons. The fraction of sp³-hybridized carbons (Fsp3) is 0.611. The minimum atomic E-state index is 0.0915. The van der Waals surface area contributed by atoms with E-state index in [0.29, 0.717) is 12.0 Å². The van der Waals surface area contributed by atoms with Crippen molar-refractivity contribution in [3.05, 3.63) is 34.9 Å². The van der Waals surface area contributed by atoms with Crippen molar-refractivity contribution in [2.45, 2.75) is 51.0 Å². The van der Waals surface area contributed by atoms with Gasteiger partial charge in [0.15, 0.2) is 0 Å². The minimum absolute atomic E-state index is 0.0915. The molecule has 0 bridgehead atoms. The van der Waals surface area contributed by atoms with E-state index in [1.165, 1.54) is 49.7 Å². The summed E-state index contributed by atoms with van der Waals surface area (Å²) in [7, 11) is 2.05. The number of hydrogen-bond acceptors (Lipinski definition) is 2. The number of benzene rings is 1. The maximum Gasteiger partial charge on any atom is 0.251 e. The quantitative estimate of drug-likeness (QED) is 0.838. The average Bonchev–Trinajstić information content (AvgIpc) is 2.78. The lowest BCUT2D eigenvalue weighted by Gasteiger charge is -2.27. The average molecular weight is 286 g/mol. The standard InChI is InChI=1S/C18H26N2O/c1-19-17(14-6-4-2-3-5-7-14)15-9-8-13-10-11-20-18(21)16(13)12-15/h8-9,12,14,17,19H,2-7,10-11H2,1H3,(H,20,21). The predicted molar refractivity (Wildman–Crippen MR) is 85.5 cm³/mol. The highest BCUT2D eigenvalue weighted by Crippen LogP contribution is 2.34. The van der Waals surface area contributed by atoms with Crippen LogP contribution in [0.3, 0.4) is 0 Å². The molecule has 2 N–H and O–H groups in total. The van der Waals surface area contributed by atoms with Gasteiger partial charge in [-0.15, -0.1) is 0 Å². The Morgan fingerprint density at radius 2 is 1.95 bits per heavy atom. The molecular formula is C18H26N2O. The summed E-state index contributed by atoms with van der Waals surface area (Å²) in [5.41, 5.74) is 3.35. The van der Waals surface area contributed by atoms with Gasteiger partial charge in [-0.25, -0.2) is 0 Å². The maximum absolute atomic E-state index is 12.0. The van der Waals surface area contributed by atoms with E-state index in [-0.39, 0.29) is 5.91 Å². The van der Waals surface area contributed by atoms with Gasteiger partial charge in [-0.3, -0.25) is 4.79 Å². The number of carbonyl (C=O) groups is 1. The summed E-state index contributed by atoms with van der Waals surface area (Å²) < 4.78 is 0. The molecule has 3 heteroatoms. The normalized spacial score (nSPS) is 21.3. The Balaban J connectivity index is 1.86. The van der Waals surface area contributed by atoms with Crippen LogP contribution in [0.4, 0.5) is 0 Å². The van der Waals surface area contributed by atoms with Crippen LogP contribution in [0.1, 0.15) is 66.1 Å². The largest absolute Gasteiger partial charge is 0.352 e. The first-order chi connectivity index (χ1) is 10.3. The lowest BCUT2D eigenvalue weighted by atomic mass is 9.85. The van der Waals surface area contributed by atoms with Crippen molar-refractivity contribution in [2.24, 2.45) is 5.92 Å². The Morgan fingerprint density at radius 1 is 1.19 bits per heavy atom. The van der Waals surface area contributed by atoms with Gasteiger partial charge in [-0.05, 0) is 49.4 Å². The van der Waals surface area contributed by atoms with Gasteiger partial charge in [0.25, 0.3) is 5.91 Å². The number of rotatable bonds is 3. The van der Waals surface area contributed by atoms with Crippen LogP contribution >= 0.6 is 0 Å². The zero-order chi connectivity index (χ0) is 14.7. The number of hydrogen-bond donors (Lipinski definition) is 2. The molecule has 1 aliphatic heterocycles. The van der Waals surface area contributed by atoms with Crippen LogP contribution in [0.5, 0.6) is 0 Å². The molecule has 1 atom stereocenters. The van der Waals surface area contributed by atoms with Crippen LogP contribution in [-0.2, 0) is 6.42 Å². The van der Waals surface area contributed by atoms with Gasteiger partial charge in [-0.1, -0.05) is 37.8 Å². The van der Waals surface area contributed by atoms with Gasteiger partial charge >= 0.3 is 0 Å².